The number of nitrogens with two attached hydrogens (primary N) is 1. The molecule has 0 radical (unpaired) electrons. The molecule has 0 saturated carbocycles. The molecular formula is C14H17N3O. The molecule has 0 aliphatic rings. The summed E-state index contributed by atoms with van der Waals surface area (Å²) in [5, 5.41) is 7.61. The minimum atomic E-state index is -0.254. The first kappa shape index (κ1) is 12.5. The molecule has 94 valence electrons. The van der Waals surface area contributed by atoms with Gasteiger partial charge in [0.05, 0.1) is 18.3 Å². The zero-order valence-electron chi connectivity index (χ0n) is 10.6. The lowest BCUT2D eigenvalue weighted by Crippen LogP contribution is -2.15. The molecular weight excluding hydrogens is 226 g/mol. The van der Waals surface area contributed by atoms with Crippen molar-refractivity contribution in [1.29, 1.82) is 0 Å². The SMILES string of the molecule is CC(C)Oc1ccccc1C(N)c1ccnnc1. The van der Waals surface area contributed by atoms with E-state index < -0.39 is 0 Å². The Morgan fingerprint density at radius 2 is 1.89 bits per heavy atom. The summed E-state index contributed by atoms with van der Waals surface area (Å²) < 4.78 is 5.77. The Morgan fingerprint density at radius 3 is 2.56 bits per heavy atom. The van der Waals surface area contributed by atoms with Gasteiger partial charge in [-0.15, -0.1) is 0 Å². The van der Waals surface area contributed by atoms with Crippen LogP contribution in [0.5, 0.6) is 5.75 Å². The number of nitrogens with zero attached hydrogens (tertiary/aromatic N) is 2. The fourth-order valence-electron chi connectivity index (χ4n) is 1.76. The van der Waals surface area contributed by atoms with E-state index in [2.05, 4.69) is 10.2 Å². The van der Waals surface area contributed by atoms with Gasteiger partial charge in [0.2, 0.25) is 0 Å². The predicted octanol–water partition coefficient (Wildman–Crippen LogP) is 2.31. The Hall–Kier alpha value is -1.94. The van der Waals surface area contributed by atoms with Crippen LogP contribution in [0.3, 0.4) is 0 Å². The van der Waals surface area contributed by atoms with Gasteiger partial charge in [-0.05, 0) is 31.5 Å². The number of hydrogen-bond donors (Lipinski definition) is 1. The van der Waals surface area contributed by atoms with E-state index >= 15 is 0 Å². The van der Waals surface area contributed by atoms with E-state index in [9.17, 15) is 0 Å². The van der Waals surface area contributed by atoms with E-state index in [1.54, 1.807) is 12.4 Å². The van der Waals surface area contributed by atoms with Crippen LogP contribution >= 0.6 is 0 Å². The van der Waals surface area contributed by atoms with Gasteiger partial charge in [0.15, 0.2) is 0 Å². The highest BCUT2D eigenvalue weighted by Gasteiger charge is 2.14. The van der Waals surface area contributed by atoms with Crippen LogP contribution in [0.2, 0.25) is 0 Å². The summed E-state index contributed by atoms with van der Waals surface area (Å²) in [7, 11) is 0. The van der Waals surface area contributed by atoms with Crippen LogP contribution in [0.4, 0.5) is 0 Å². The van der Waals surface area contributed by atoms with Crippen LogP contribution in [0.25, 0.3) is 0 Å². The van der Waals surface area contributed by atoms with Crippen molar-refractivity contribution < 1.29 is 4.74 Å². The maximum Gasteiger partial charge on any atom is 0.124 e. The van der Waals surface area contributed by atoms with Crippen molar-refractivity contribution in [2.24, 2.45) is 5.73 Å². The third kappa shape index (κ3) is 2.84. The molecule has 0 aliphatic heterocycles. The lowest BCUT2D eigenvalue weighted by atomic mass is 10.0. The van der Waals surface area contributed by atoms with E-state index in [-0.39, 0.29) is 12.1 Å². The molecule has 0 bridgehead atoms. The van der Waals surface area contributed by atoms with Crippen molar-refractivity contribution in [3.63, 3.8) is 0 Å². The van der Waals surface area contributed by atoms with Crippen molar-refractivity contribution in [3.8, 4) is 5.75 Å². The maximum absolute atomic E-state index is 6.25. The summed E-state index contributed by atoms with van der Waals surface area (Å²) in [5.41, 5.74) is 8.12. The average molecular weight is 243 g/mol. The Balaban J connectivity index is 2.33. The third-order valence-electron chi connectivity index (χ3n) is 2.58. The largest absolute Gasteiger partial charge is 0.491 e. The summed E-state index contributed by atoms with van der Waals surface area (Å²) in [5.74, 6) is 0.816. The Kier molecular flexibility index (Phi) is 3.89. The topological polar surface area (TPSA) is 61.0 Å². The molecule has 1 unspecified atom stereocenters. The van der Waals surface area contributed by atoms with Crippen LogP contribution in [-0.4, -0.2) is 16.3 Å². The molecule has 0 fully saturated rings. The molecule has 1 aromatic heterocycles. The van der Waals surface area contributed by atoms with Crippen molar-refractivity contribution in [2.75, 3.05) is 0 Å². The Labute approximate surface area is 107 Å². The van der Waals surface area contributed by atoms with Crippen LogP contribution in [0, 0.1) is 0 Å². The Morgan fingerprint density at radius 1 is 1.11 bits per heavy atom. The molecule has 0 amide bonds. The number of benzene rings is 1. The Bertz CT molecular complexity index is 499. The van der Waals surface area contributed by atoms with Crippen LogP contribution in [0.15, 0.2) is 42.7 Å². The third-order valence-corrected chi connectivity index (χ3v) is 2.58. The molecule has 0 spiro atoms. The quantitative estimate of drug-likeness (QED) is 0.895. The first-order chi connectivity index (χ1) is 8.68. The zero-order chi connectivity index (χ0) is 13.0. The first-order valence-corrected chi connectivity index (χ1v) is 5.96. The summed E-state index contributed by atoms with van der Waals surface area (Å²) in [6.07, 6.45) is 3.44. The number of para-hydroxylation sites is 1. The second-order valence-electron chi connectivity index (χ2n) is 4.36. The minimum absolute atomic E-state index is 0.119. The van der Waals surface area contributed by atoms with Crippen molar-refractivity contribution in [3.05, 3.63) is 53.9 Å². The molecule has 1 heterocycles. The van der Waals surface area contributed by atoms with Crippen molar-refractivity contribution >= 4 is 0 Å². The smallest absolute Gasteiger partial charge is 0.124 e. The number of hydrogen-bond acceptors (Lipinski definition) is 4. The summed E-state index contributed by atoms with van der Waals surface area (Å²) in [6, 6.07) is 9.42. The normalized spacial score (nSPS) is 12.4. The summed E-state index contributed by atoms with van der Waals surface area (Å²) >= 11 is 0. The molecule has 1 atom stereocenters. The molecule has 18 heavy (non-hydrogen) atoms. The van der Waals surface area contributed by atoms with Crippen LogP contribution in [0.1, 0.15) is 31.0 Å². The van der Waals surface area contributed by atoms with E-state index in [0.717, 1.165) is 16.9 Å². The van der Waals surface area contributed by atoms with Gasteiger partial charge in [-0.1, -0.05) is 18.2 Å². The molecule has 2 N–H and O–H groups in total. The minimum Gasteiger partial charge on any atom is -0.491 e. The summed E-state index contributed by atoms with van der Waals surface area (Å²) in [6.45, 7) is 3.99. The lowest BCUT2D eigenvalue weighted by Gasteiger charge is -2.18. The van der Waals surface area contributed by atoms with Gasteiger partial charge in [0.25, 0.3) is 0 Å². The molecule has 4 nitrogen and oxygen atoms in total. The fraction of sp³-hybridized carbons (Fsp3) is 0.286. The zero-order valence-corrected chi connectivity index (χ0v) is 10.6. The van der Waals surface area contributed by atoms with E-state index in [4.69, 9.17) is 10.5 Å². The number of rotatable bonds is 4. The van der Waals surface area contributed by atoms with E-state index in [1.165, 1.54) is 0 Å². The highest BCUT2D eigenvalue weighted by Crippen LogP contribution is 2.28. The summed E-state index contributed by atoms with van der Waals surface area (Å²) in [4.78, 5) is 0. The highest BCUT2D eigenvalue weighted by molar-refractivity contribution is 5.40. The molecule has 1 aromatic carbocycles. The standard InChI is InChI=1S/C14H17N3O/c1-10(2)18-13-6-4-3-5-12(13)14(15)11-7-8-16-17-9-11/h3-10,14H,15H2,1-2H3. The molecule has 2 aromatic rings. The number of aromatic nitrogens is 2. The van der Waals surface area contributed by atoms with Gasteiger partial charge < -0.3 is 10.5 Å². The first-order valence-electron chi connectivity index (χ1n) is 5.96. The monoisotopic (exact) mass is 243 g/mol. The predicted molar refractivity (Wildman–Crippen MR) is 70.3 cm³/mol. The van der Waals surface area contributed by atoms with Gasteiger partial charge in [-0.25, -0.2) is 0 Å². The van der Waals surface area contributed by atoms with Crippen molar-refractivity contribution in [2.45, 2.75) is 26.0 Å². The second kappa shape index (κ2) is 5.60. The lowest BCUT2D eigenvalue weighted by molar-refractivity contribution is 0.239. The number of ether oxygens (including phenoxy) is 1. The van der Waals surface area contributed by atoms with Gasteiger partial charge in [-0.2, -0.15) is 10.2 Å². The fourth-order valence-corrected chi connectivity index (χ4v) is 1.76. The van der Waals surface area contributed by atoms with Crippen molar-refractivity contribution in [1.82, 2.24) is 10.2 Å². The van der Waals surface area contributed by atoms with Gasteiger partial charge in [-0.3, -0.25) is 0 Å². The molecule has 2 rings (SSSR count). The van der Waals surface area contributed by atoms with Gasteiger partial charge in [0, 0.05) is 11.8 Å². The van der Waals surface area contributed by atoms with Crippen LogP contribution < -0.4 is 10.5 Å². The highest BCUT2D eigenvalue weighted by atomic mass is 16.5. The maximum atomic E-state index is 6.25. The molecule has 0 aliphatic carbocycles. The van der Waals surface area contributed by atoms with E-state index in [1.807, 2.05) is 44.2 Å². The second-order valence-corrected chi connectivity index (χ2v) is 4.36. The molecule has 0 saturated heterocycles. The van der Waals surface area contributed by atoms with Gasteiger partial charge >= 0.3 is 0 Å². The van der Waals surface area contributed by atoms with Crippen LogP contribution in [-0.2, 0) is 0 Å². The van der Waals surface area contributed by atoms with Gasteiger partial charge in [0.1, 0.15) is 5.75 Å². The average Bonchev–Trinajstić information content (AvgIpc) is 2.39. The molecule has 4 heteroatoms. The van der Waals surface area contributed by atoms with E-state index in [0.29, 0.717) is 0 Å².